The van der Waals surface area contributed by atoms with Crippen LogP contribution in [0.1, 0.15) is 21.9 Å². The smallest absolute Gasteiger partial charge is 0.274 e. The van der Waals surface area contributed by atoms with Crippen molar-refractivity contribution >= 4 is 22.5 Å². The van der Waals surface area contributed by atoms with Gasteiger partial charge in [-0.05, 0) is 36.8 Å². The van der Waals surface area contributed by atoms with E-state index in [0.717, 1.165) is 24.3 Å². The summed E-state index contributed by atoms with van der Waals surface area (Å²) in [5.41, 5.74) is 2.94. The molecule has 4 aromatic rings. The number of nitrogens with one attached hydrogen (secondary N) is 1. The average molecular weight is 402 g/mol. The average Bonchev–Trinajstić information content (AvgIpc) is 3.17. The molecule has 0 bridgehead atoms. The van der Waals surface area contributed by atoms with Crippen LogP contribution in [0.2, 0.25) is 0 Å². The molecule has 4 heterocycles. The minimum atomic E-state index is -0.119. The molecule has 5 rings (SSSR count). The van der Waals surface area contributed by atoms with Gasteiger partial charge in [0.1, 0.15) is 17.2 Å². The summed E-state index contributed by atoms with van der Waals surface area (Å²) in [4.78, 5) is 41.1. The monoisotopic (exact) mass is 402 g/mol. The number of hydrogen-bond donors (Lipinski definition) is 1. The van der Waals surface area contributed by atoms with Gasteiger partial charge in [0, 0.05) is 38.6 Å². The number of amides is 1. The van der Waals surface area contributed by atoms with Crippen LogP contribution in [0.5, 0.6) is 0 Å². The number of nitrogens with zero attached hydrogens (tertiary/aromatic N) is 5. The van der Waals surface area contributed by atoms with Crippen molar-refractivity contribution in [3.05, 3.63) is 76.2 Å². The Hall–Kier alpha value is -3.52. The standard InChI is InChI=1S/C22H22N6O2/c1-15-6-7-28-13-18(24-20(28)12-15)22(30)27-10-8-26(9-11-27)14-19-23-17-5-3-2-4-16(17)21(29)25-19/h2-7,12-13H,8-11,14H2,1H3,(H,23,25,29). The maximum Gasteiger partial charge on any atom is 0.274 e. The lowest BCUT2D eigenvalue weighted by Crippen LogP contribution is -2.48. The number of rotatable bonds is 3. The summed E-state index contributed by atoms with van der Waals surface area (Å²) in [6, 6.07) is 11.3. The lowest BCUT2D eigenvalue weighted by atomic mass is 10.2. The largest absolute Gasteiger partial charge is 0.335 e. The van der Waals surface area contributed by atoms with Crippen molar-refractivity contribution in [1.29, 1.82) is 0 Å². The Morgan fingerprint density at radius 1 is 1.10 bits per heavy atom. The number of para-hydroxylation sites is 1. The maximum atomic E-state index is 12.9. The molecule has 0 atom stereocenters. The first-order chi connectivity index (χ1) is 14.6. The summed E-state index contributed by atoms with van der Waals surface area (Å²) in [7, 11) is 0. The van der Waals surface area contributed by atoms with Crippen molar-refractivity contribution in [2.45, 2.75) is 13.5 Å². The first-order valence-corrected chi connectivity index (χ1v) is 10.0. The highest BCUT2D eigenvalue weighted by Crippen LogP contribution is 2.13. The third-order valence-electron chi connectivity index (χ3n) is 5.53. The Morgan fingerprint density at radius 2 is 1.90 bits per heavy atom. The Kier molecular flexibility index (Phi) is 4.55. The molecule has 1 saturated heterocycles. The molecule has 0 aliphatic carbocycles. The van der Waals surface area contributed by atoms with Crippen LogP contribution in [0, 0.1) is 6.92 Å². The van der Waals surface area contributed by atoms with Gasteiger partial charge in [-0.2, -0.15) is 0 Å². The zero-order valence-electron chi connectivity index (χ0n) is 16.7. The van der Waals surface area contributed by atoms with E-state index in [2.05, 4.69) is 19.9 Å². The highest BCUT2D eigenvalue weighted by molar-refractivity contribution is 5.93. The molecule has 0 radical (unpaired) electrons. The zero-order valence-corrected chi connectivity index (χ0v) is 16.7. The molecule has 1 aliphatic rings. The second kappa shape index (κ2) is 7.38. The molecule has 1 aromatic carbocycles. The van der Waals surface area contributed by atoms with Crippen LogP contribution in [0.25, 0.3) is 16.6 Å². The molecule has 1 amide bonds. The Labute approximate surface area is 172 Å². The quantitative estimate of drug-likeness (QED) is 0.565. The van der Waals surface area contributed by atoms with Crippen LogP contribution in [-0.4, -0.2) is 61.2 Å². The molecule has 30 heavy (non-hydrogen) atoms. The van der Waals surface area contributed by atoms with Crippen LogP contribution in [0.4, 0.5) is 0 Å². The second-order valence-corrected chi connectivity index (χ2v) is 7.69. The topological polar surface area (TPSA) is 86.6 Å². The van der Waals surface area contributed by atoms with Crippen LogP contribution >= 0.6 is 0 Å². The van der Waals surface area contributed by atoms with E-state index in [1.807, 2.05) is 52.8 Å². The number of aromatic nitrogens is 4. The van der Waals surface area contributed by atoms with Gasteiger partial charge in [-0.1, -0.05) is 12.1 Å². The number of benzene rings is 1. The fourth-order valence-corrected chi connectivity index (χ4v) is 3.88. The fourth-order valence-electron chi connectivity index (χ4n) is 3.88. The molecule has 1 aliphatic heterocycles. The summed E-state index contributed by atoms with van der Waals surface area (Å²) in [6.45, 7) is 5.22. The van der Waals surface area contributed by atoms with Crippen LogP contribution in [-0.2, 0) is 6.54 Å². The molecule has 152 valence electrons. The van der Waals surface area contributed by atoms with Crippen molar-refractivity contribution in [1.82, 2.24) is 29.2 Å². The lowest BCUT2D eigenvalue weighted by Gasteiger charge is -2.34. The molecular formula is C22H22N6O2. The number of carbonyl (C=O) groups excluding carboxylic acids is 1. The first-order valence-electron chi connectivity index (χ1n) is 10.0. The molecule has 8 heteroatoms. The van der Waals surface area contributed by atoms with Crippen LogP contribution in [0.15, 0.2) is 53.6 Å². The minimum absolute atomic E-state index is 0.0479. The van der Waals surface area contributed by atoms with Gasteiger partial charge in [0.05, 0.1) is 17.4 Å². The highest BCUT2D eigenvalue weighted by Gasteiger charge is 2.24. The SMILES string of the molecule is Cc1ccn2cc(C(=O)N3CCN(Cc4nc5ccccc5c(=O)[nH]4)CC3)nc2c1. The number of imidazole rings is 1. The van der Waals surface area contributed by atoms with Gasteiger partial charge in [0.2, 0.25) is 0 Å². The number of pyridine rings is 1. The summed E-state index contributed by atoms with van der Waals surface area (Å²) in [5.74, 6) is 0.599. The predicted octanol–water partition coefficient (Wildman–Crippen LogP) is 1.84. The van der Waals surface area contributed by atoms with E-state index in [4.69, 9.17) is 0 Å². The molecule has 8 nitrogen and oxygen atoms in total. The van der Waals surface area contributed by atoms with Crippen LogP contribution in [0.3, 0.4) is 0 Å². The Balaban J connectivity index is 1.25. The minimum Gasteiger partial charge on any atom is -0.335 e. The van der Waals surface area contributed by atoms with Gasteiger partial charge in [0.25, 0.3) is 11.5 Å². The van der Waals surface area contributed by atoms with Crippen molar-refractivity contribution < 1.29 is 4.79 Å². The molecule has 0 spiro atoms. The fraction of sp³-hybridized carbons (Fsp3) is 0.273. The van der Waals surface area contributed by atoms with Gasteiger partial charge < -0.3 is 14.3 Å². The van der Waals surface area contributed by atoms with E-state index in [9.17, 15) is 9.59 Å². The van der Waals surface area contributed by atoms with E-state index in [-0.39, 0.29) is 11.5 Å². The number of piperazine rings is 1. The number of fused-ring (bicyclic) bond motifs is 2. The summed E-state index contributed by atoms with van der Waals surface area (Å²) in [5, 5.41) is 0.597. The second-order valence-electron chi connectivity index (χ2n) is 7.69. The van der Waals surface area contributed by atoms with Gasteiger partial charge in [0.15, 0.2) is 0 Å². The summed E-state index contributed by atoms with van der Waals surface area (Å²) < 4.78 is 1.87. The summed E-state index contributed by atoms with van der Waals surface area (Å²) >= 11 is 0. The van der Waals surface area contributed by atoms with E-state index < -0.39 is 0 Å². The first kappa shape index (κ1) is 18.5. The Morgan fingerprint density at radius 3 is 2.73 bits per heavy atom. The zero-order chi connectivity index (χ0) is 20.7. The van der Waals surface area contributed by atoms with Gasteiger partial charge in [-0.15, -0.1) is 0 Å². The number of aryl methyl sites for hydroxylation is 1. The number of H-pyrrole nitrogens is 1. The van der Waals surface area contributed by atoms with E-state index >= 15 is 0 Å². The number of aromatic amines is 1. The molecule has 0 unspecified atom stereocenters. The van der Waals surface area contributed by atoms with Crippen molar-refractivity contribution in [3.63, 3.8) is 0 Å². The normalized spacial score (nSPS) is 15.2. The third kappa shape index (κ3) is 3.46. The highest BCUT2D eigenvalue weighted by atomic mass is 16.2. The summed E-state index contributed by atoms with van der Waals surface area (Å²) in [6.07, 6.45) is 3.71. The predicted molar refractivity (Wildman–Crippen MR) is 113 cm³/mol. The third-order valence-corrected chi connectivity index (χ3v) is 5.53. The molecule has 1 N–H and O–H groups in total. The maximum absolute atomic E-state index is 12.9. The van der Waals surface area contributed by atoms with Crippen molar-refractivity contribution in [3.8, 4) is 0 Å². The van der Waals surface area contributed by atoms with E-state index in [1.165, 1.54) is 0 Å². The van der Waals surface area contributed by atoms with Crippen molar-refractivity contribution in [2.24, 2.45) is 0 Å². The number of hydrogen-bond acceptors (Lipinski definition) is 5. The Bertz CT molecular complexity index is 1300. The van der Waals surface area contributed by atoms with Gasteiger partial charge >= 0.3 is 0 Å². The van der Waals surface area contributed by atoms with Crippen molar-refractivity contribution in [2.75, 3.05) is 26.2 Å². The van der Waals surface area contributed by atoms with Gasteiger partial charge in [-0.3, -0.25) is 14.5 Å². The van der Waals surface area contributed by atoms with E-state index in [0.29, 0.717) is 42.1 Å². The van der Waals surface area contributed by atoms with Gasteiger partial charge in [-0.25, -0.2) is 9.97 Å². The molecule has 1 fully saturated rings. The molecular weight excluding hydrogens is 380 g/mol. The molecule has 0 saturated carbocycles. The van der Waals surface area contributed by atoms with Crippen LogP contribution < -0.4 is 5.56 Å². The van der Waals surface area contributed by atoms with E-state index in [1.54, 1.807) is 12.3 Å². The lowest BCUT2D eigenvalue weighted by molar-refractivity contribution is 0.0620. The molecule has 3 aromatic heterocycles. The number of carbonyl (C=O) groups is 1.